The Labute approximate surface area is 249 Å². The fourth-order valence-corrected chi connectivity index (χ4v) is 6.25. The Bertz CT molecular complexity index is 1920. The molecule has 3 aromatic carbocycles. The van der Waals surface area contributed by atoms with E-state index in [0.717, 1.165) is 38.4 Å². The Kier molecular flexibility index (Phi) is 8.92. The summed E-state index contributed by atoms with van der Waals surface area (Å²) in [7, 11) is -4.01. The van der Waals surface area contributed by atoms with Gasteiger partial charge in [0.1, 0.15) is 12.1 Å². The topological polar surface area (TPSA) is 159 Å². The number of carbonyl (C=O) groups is 1. The number of hydrogen-bond donors (Lipinski definition) is 5. The van der Waals surface area contributed by atoms with E-state index in [-0.39, 0.29) is 23.5 Å². The Hall–Kier alpha value is -4.50. The SMILES string of the molecule is Nc1ncnc2ccc(-c3ccc(CNc4ccc(S(=O)(=O)NCCO)cc4C(=O)NCc4ccc(F)c(F)c4)s3)cc12. The molecule has 0 aliphatic heterocycles. The first kappa shape index (κ1) is 30.0. The molecule has 0 spiro atoms. The van der Waals surface area contributed by atoms with Crippen LogP contribution in [0.5, 0.6) is 0 Å². The third-order valence-corrected chi connectivity index (χ3v) is 9.05. The lowest BCUT2D eigenvalue weighted by Crippen LogP contribution is -2.28. The average molecular weight is 625 g/mol. The van der Waals surface area contributed by atoms with Gasteiger partial charge in [-0.05, 0) is 65.7 Å². The monoisotopic (exact) mass is 624 g/mol. The highest BCUT2D eigenvalue weighted by atomic mass is 32.2. The summed E-state index contributed by atoms with van der Waals surface area (Å²) in [6.07, 6.45) is 1.41. The van der Waals surface area contributed by atoms with Gasteiger partial charge in [-0.3, -0.25) is 4.79 Å². The molecular weight excluding hydrogens is 598 g/mol. The third-order valence-electron chi connectivity index (χ3n) is 6.45. The van der Waals surface area contributed by atoms with Crippen LogP contribution in [0.2, 0.25) is 0 Å². The minimum Gasteiger partial charge on any atom is -0.395 e. The lowest BCUT2D eigenvalue weighted by atomic mass is 10.1. The first-order chi connectivity index (χ1) is 20.6. The molecule has 5 aromatic rings. The second-order valence-corrected chi connectivity index (χ2v) is 12.3. The first-order valence-electron chi connectivity index (χ1n) is 12.9. The molecule has 2 heterocycles. The second-order valence-electron chi connectivity index (χ2n) is 9.37. The Morgan fingerprint density at radius 2 is 1.79 bits per heavy atom. The highest BCUT2D eigenvalue weighted by Crippen LogP contribution is 2.32. The molecule has 0 fully saturated rings. The van der Waals surface area contributed by atoms with E-state index >= 15 is 0 Å². The van der Waals surface area contributed by atoms with Crippen LogP contribution < -0.4 is 21.1 Å². The zero-order valence-electron chi connectivity index (χ0n) is 22.5. The normalized spacial score (nSPS) is 11.5. The van der Waals surface area contributed by atoms with E-state index in [1.165, 1.54) is 41.9 Å². The zero-order chi connectivity index (χ0) is 30.6. The van der Waals surface area contributed by atoms with Gasteiger partial charge in [0.05, 0.1) is 22.6 Å². The first-order valence-corrected chi connectivity index (χ1v) is 15.2. The van der Waals surface area contributed by atoms with Crippen molar-refractivity contribution < 1.29 is 27.1 Å². The van der Waals surface area contributed by atoms with Gasteiger partial charge in [-0.1, -0.05) is 12.1 Å². The standard InChI is InChI=1S/C29H26F2N6O4S2/c30-23-5-1-17(11-24(23)31)14-34-29(39)22-13-20(43(40,41)37-9-10-38)4-7-26(22)33-15-19-3-8-27(42-19)18-2-6-25-21(12-18)28(32)36-16-35-25/h1-8,11-13,16,33,37-38H,9-10,14-15H2,(H,34,39)(H2,32,35,36). The van der Waals surface area contributed by atoms with Crippen LogP contribution >= 0.6 is 11.3 Å². The summed E-state index contributed by atoms with van der Waals surface area (Å²) < 4.78 is 54.5. The van der Waals surface area contributed by atoms with Crippen LogP contribution in [0.15, 0.2) is 78.0 Å². The van der Waals surface area contributed by atoms with Crippen molar-refractivity contribution in [1.82, 2.24) is 20.0 Å². The number of benzene rings is 3. The van der Waals surface area contributed by atoms with Crippen molar-refractivity contribution in [2.45, 2.75) is 18.0 Å². The Morgan fingerprint density at radius 3 is 2.58 bits per heavy atom. The number of halogens is 2. The molecule has 5 rings (SSSR count). The van der Waals surface area contributed by atoms with Crippen LogP contribution in [-0.4, -0.2) is 42.6 Å². The molecule has 0 saturated carbocycles. The summed E-state index contributed by atoms with van der Waals surface area (Å²) in [4.78, 5) is 23.2. The van der Waals surface area contributed by atoms with Gasteiger partial charge in [-0.25, -0.2) is 31.9 Å². The van der Waals surface area contributed by atoms with Crippen LogP contribution in [0.25, 0.3) is 21.3 Å². The number of aliphatic hydroxyl groups is 1. The number of aliphatic hydroxyl groups excluding tert-OH is 1. The number of nitrogens with zero attached hydrogens (tertiary/aromatic N) is 2. The van der Waals surface area contributed by atoms with Crippen molar-refractivity contribution in [3.63, 3.8) is 0 Å². The number of sulfonamides is 1. The van der Waals surface area contributed by atoms with Gasteiger partial charge in [0, 0.05) is 40.5 Å². The van der Waals surface area contributed by atoms with Crippen molar-refractivity contribution >= 4 is 49.7 Å². The Balaban J connectivity index is 1.37. The summed E-state index contributed by atoms with van der Waals surface area (Å²) >= 11 is 1.52. The predicted octanol–water partition coefficient (Wildman–Crippen LogP) is 4.03. The van der Waals surface area contributed by atoms with Crippen molar-refractivity contribution in [2.75, 3.05) is 24.2 Å². The molecular formula is C29H26F2N6O4S2. The van der Waals surface area contributed by atoms with Crippen LogP contribution in [0.3, 0.4) is 0 Å². The van der Waals surface area contributed by atoms with Crippen molar-refractivity contribution in [3.05, 3.63) is 101 Å². The number of carbonyl (C=O) groups excluding carboxylic acids is 1. The maximum absolute atomic E-state index is 13.6. The van der Waals surface area contributed by atoms with Gasteiger partial charge in [0.2, 0.25) is 10.0 Å². The van der Waals surface area contributed by atoms with Crippen molar-refractivity contribution in [2.24, 2.45) is 0 Å². The lowest BCUT2D eigenvalue weighted by Gasteiger charge is -2.14. The molecule has 2 aromatic heterocycles. The van der Waals surface area contributed by atoms with Crippen LogP contribution in [-0.2, 0) is 23.1 Å². The molecule has 6 N–H and O–H groups in total. The van der Waals surface area contributed by atoms with E-state index in [0.29, 0.717) is 23.6 Å². The minimum absolute atomic E-state index is 0.0243. The van der Waals surface area contributed by atoms with E-state index in [1.54, 1.807) is 0 Å². The largest absolute Gasteiger partial charge is 0.395 e. The quantitative estimate of drug-likeness (QED) is 0.147. The number of thiophene rings is 1. The number of aromatic nitrogens is 2. The van der Waals surface area contributed by atoms with E-state index < -0.39 is 34.2 Å². The molecule has 0 radical (unpaired) electrons. The van der Waals surface area contributed by atoms with E-state index in [1.807, 2.05) is 30.3 Å². The highest BCUT2D eigenvalue weighted by Gasteiger charge is 2.20. The number of nitrogen functional groups attached to an aromatic ring is 1. The number of amides is 1. The smallest absolute Gasteiger partial charge is 0.253 e. The molecule has 0 unspecified atom stereocenters. The molecule has 0 aliphatic carbocycles. The molecule has 0 bridgehead atoms. The maximum Gasteiger partial charge on any atom is 0.253 e. The number of anilines is 2. The molecule has 14 heteroatoms. The molecule has 43 heavy (non-hydrogen) atoms. The molecule has 0 aliphatic rings. The minimum atomic E-state index is -4.01. The summed E-state index contributed by atoms with van der Waals surface area (Å²) in [6.45, 7) is -0.395. The number of hydrogen-bond acceptors (Lipinski definition) is 9. The second kappa shape index (κ2) is 12.8. The lowest BCUT2D eigenvalue weighted by molar-refractivity contribution is 0.0951. The summed E-state index contributed by atoms with van der Waals surface area (Å²) in [5, 5.41) is 15.6. The molecule has 0 saturated heterocycles. The van der Waals surface area contributed by atoms with Crippen molar-refractivity contribution in [1.29, 1.82) is 0 Å². The summed E-state index contributed by atoms with van der Waals surface area (Å²) in [6, 6.07) is 16.9. The fourth-order valence-electron chi connectivity index (χ4n) is 4.26. The predicted molar refractivity (Wildman–Crippen MR) is 161 cm³/mol. The van der Waals surface area contributed by atoms with E-state index in [4.69, 9.17) is 10.8 Å². The van der Waals surface area contributed by atoms with Crippen LogP contribution in [0.1, 0.15) is 20.8 Å². The molecule has 222 valence electrons. The maximum atomic E-state index is 13.6. The highest BCUT2D eigenvalue weighted by molar-refractivity contribution is 7.89. The van der Waals surface area contributed by atoms with Crippen molar-refractivity contribution in [3.8, 4) is 10.4 Å². The summed E-state index contributed by atoms with van der Waals surface area (Å²) in [5.41, 5.74) is 8.39. The average Bonchev–Trinajstić information content (AvgIpc) is 3.48. The van der Waals surface area contributed by atoms with Gasteiger partial charge in [-0.2, -0.15) is 0 Å². The van der Waals surface area contributed by atoms with Gasteiger partial charge < -0.3 is 21.5 Å². The number of nitrogens with one attached hydrogen (secondary N) is 3. The van der Waals surface area contributed by atoms with E-state index in [9.17, 15) is 22.0 Å². The van der Waals surface area contributed by atoms with Crippen LogP contribution in [0.4, 0.5) is 20.3 Å². The third kappa shape index (κ3) is 6.94. The van der Waals surface area contributed by atoms with Crippen LogP contribution in [0, 0.1) is 11.6 Å². The van der Waals surface area contributed by atoms with Gasteiger partial charge in [0.15, 0.2) is 11.6 Å². The van der Waals surface area contributed by atoms with Gasteiger partial charge >= 0.3 is 0 Å². The zero-order valence-corrected chi connectivity index (χ0v) is 24.1. The fraction of sp³-hybridized carbons (Fsp3) is 0.138. The Morgan fingerprint density at radius 1 is 0.953 bits per heavy atom. The number of fused-ring (bicyclic) bond motifs is 1. The molecule has 0 atom stereocenters. The number of rotatable bonds is 11. The molecule has 1 amide bonds. The number of nitrogens with two attached hydrogens (primary N) is 1. The van der Waals surface area contributed by atoms with Gasteiger partial charge in [0.25, 0.3) is 5.91 Å². The summed E-state index contributed by atoms with van der Waals surface area (Å²) in [5.74, 6) is -2.30. The van der Waals surface area contributed by atoms with E-state index in [2.05, 4.69) is 25.3 Å². The molecule has 10 nitrogen and oxygen atoms in total. The van der Waals surface area contributed by atoms with Gasteiger partial charge in [-0.15, -0.1) is 11.3 Å².